The summed E-state index contributed by atoms with van der Waals surface area (Å²) in [6.07, 6.45) is 4.48. The van der Waals surface area contributed by atoms with Crippen molar-refractivity contribution in [3.05, 3.63) is 0 Å². The number of nitrogens with one attached hydrogen (secondary N) is 1. The van der Waals surface area contributed by atoms with Gasteiger partial charge in [0.25, 0.3) is 0 Å². The van der Waals surface area contributed by atoms with Crippen LogP contribution in [0.3, 0.4) is 0 Å². The summed E-state index contributed by atoms with van der Waals surface area (Å²) in [5.74, 6) is 2.09. The number of hydrogen-bond donors (Lipinski definition) is 1. The molecule has 3 unspecified atom stereocenters. The molecule has 2 aliphatic rings. The van der Waals surface area contributed by atoms with Crippen molar-refractivity contribution in [2.24, 2.45) is 11.8 Å². The van der Waals surface area contributed by atoms with Gasteiger partial charge in [0.15, 0.2) is 0 Å². The molecule has 0 aromatic heterocycles. The third-order valence-electron chi connectivity index (χ3n) is 3.83. The van der Waals surface area contributed by atoms with Crippen molar-refractivity contribution in [2.75, 3.05) is 26.7 Å². The Kier molecular flexibility index (Phi) is 2.89. The van der Waals surface area contributed by atoms with Gasteiger partial charge in [-0.1, -0.05) is 6.42 Å². The molecule has 0 radical (unpaired) electrons. The highest BCUT2D eigenvalue weighted by Gasteiger charge is 2.35. The lowest BCUT2D eigenvalue weighted by Gasteiger charge is -2.20. The van der Waals surface area contributed by atoms with Crippen LogP contribution in [0.15, 0.2) is 0 Å². The average Bonchev–Trinajstić information content (AvgIpc) is 2.63. The lowest BCUT2D eigenvalue weighted by Crippen LogP contribution is -2.36. The highest BCUT2D eigenvalue weighted by molar-refractivity contribution is 4.89. The summed E-state index contributed by atoms with van der Waals surface area (Å²) >= 11 is 0. The summed E-state index contributed by atoms with van der Waals surface area (Å²) < 4.78 is 0. The normalized spacial score (nSPS) is 36.5. The molecule has 1 aliphatic carbocycles. The van der Waals surface area contributed by atoms with Crippen molar-refractivity contribution < 1.29 is 0 Å². The minimum absolute atomic E-state index is 0.652. The van der Waals surface area contributed by atoms with Gasteiger partial charge in [0, 0.05) is 25.7 Å². The van der Waals surface area contributed by atoms with Gasteiger partial charge in [-0.3, -0.25) is 0 Å². The number of fused-ring (bicyclic) bond motifs is 1. The van der Waals surface area contributed by atoms with Gasteiger partial charge in [-0.2, -0.15) is 0 Å². The monoisotopic (exact) mass is 182 g/mol. The SMILES string of the molecule is CNC(C)CN1CC2CCCC2C1. The van der Waals surface area contributed by atoms with Crippen LogP contribution in [0.2, 0.25) is 0 Å². The van der Waals surface area contributed by atoms with Crippen molar-refractivity contribution in [1.29, 1.82) is 0 Å². The molecule has 0 aromatic rings. The molecule has 2 fully saturated rings. The van der Waals surface area contributed by atoms with E-state index in [2.05, 4.69) is 24.2 Å². The van der Waals surface area contributed by atoms with Gasteiger partial charge < -0.3 is 10.2 Å². The van der Waals surface area contributed by atoms with Crippen LogP contribution in [0.4, 0.5) is 0 Å². The lowest BCUT2D eigenvalue weighted by molar-refractivity contribution is 0.283. The van der Waals surface area contributed by atoms with Crippen LogP contribution in [-0.2, 0) is 0 Å². The molecule has 2 heteroatoms. The van der Waals surface area contributed by atoms with Crippen LogP contribution in [0.25, 0.3) is 0 Å². The molecule has 3 atom stereocenters. The van der Waals surface area contributed by atoms with E-state index in [1.165, 1.54) is 38.9 Å². The van der Waals surface area contributed by atoms with Crippen LogP contribution >= 0.6 is 0 Å². The number of likely N-dealkylation sites (N-methyl/N-ethyl adjacent to an activating group) is 1. The standard InChI is InChI=1S/C11H22N2/c1-9(12-2)6-13-7-10-4-3-5-11(10)8-13/h9-12H,3-8H2,1-2H3. The zero-order valence-corrected chi connectivity index (χ0v) is 8.92. The molecule has 0 spiro atoms. The maximum absolute atomic E-state index is 3.32. The van der Waals surface area contributed by atoms with E-state index in [0.717, 1.165) is 11.8 Å². The number of likely N-dealkylation sites (tertiary alicyclic amines) is 1. The summed E-state index contributed by atoms with van der Waals surface area (Å²) in [7, 11) is 2.06. The van der Waals surface area contributed by atoms with Crippen molar-refractivity contribution in [3.8, 4) is 0 Å². The fraction of sp³-hybridized carbons (Fsp3) is 1.00. The zero-order valence-electron chi connectivity index (χ0n) is 8.92. The summed E-state index contributed by atoms with van der Waals surface area (Å²) in [6.45, 7) is 6.25. The summed E-state index contributed by atoms with van der Waals surface area (Å²) in [4.78, 5) is 2.65. The predicted molar refractivity (Wildman–Crippen MR) is 55.8 cm³/mol. The minimum Gasteiger partial charge on any atom is -0.316 e. The summed E-state index contributed by atoms with van der Waals surface area (Å²) in [5.41, 5.74) is 0. The fourth-order valence-corrected chi connectivity index (χ4v) is 2.96. The first-order valence-corrected chi connectivity index (χ1v) is 5.69. The Bertz CT molecular complexity index is 155. The van der Waals surface area contributed by atoms with E-state index in [4.69, 9.17) is 0 Å². The molecule has 2 rings (SSSR count). The number of nitrogens with zero attached hydrogens (tertiary/aromatic N) is 1. The van der Waals surface area contributed by atoms with E-state index in [-0.39, 0.29) is 0 Å². The maximum atomic E-state index is 3.32. The first-order chi connectivity index (χ1) is 6.29. The summed E-state index contributed by atoms with van der Waals surface area (Å²) in [5, 5.41) is 3.32. The van der Waals surface area contributed by atoms with Gasteiger partial charge >= 0.3 is 0 Å². The van der Waals surface area contributed by atoms with Gasteiger partial charge in [-0.25, -0.2) is 0 Å². The molecule has 1 aliphatic heterocycles. The van der Waals surface area contributed by atoms with Crippen molar-refractivity contribution in [1.82, 2.24) is 10.2 Å². The molecule has 76 valence electrons. The van der Waals surface area contributed by atoms with Gasteiger partial charge in [0.05, 0.1) is 0 Å². The average molecular weight is 182 g/mol. The highest BCUT2D eigenvalue weighted by atomic mass is 15.2. The molecule has 0 aromatic carbocycles. The lowest BCUT2D eigenvalue weighted by atomic mass is 10.0. The Morgan fingerprint density at radius 3 is 2.46 bits per heavy atom. The Morgan fingerprint density at radius 2 is 1.92 bits per heavy atom. The minimum atomic E-state index is 0.652. The summed E-state index contributed by atoms with van der Waals surface area (Å²) in [6, 6.07) is 0.652. The van der Waals surface area contributed by atoms with Gasteiger partial charge in [0.2, 0.25) is 0 Å². The van der Waals surface area contributed by atoms with Crippen molar-refractivity contribution >= 4 is 0 Å². The van der Waals surface area contributed by atoms with Gasteiger partial charge in [0.1, 0.15) is 0 Å². The molecule has 1 saturated carbocycles. The molecule has 13 heavy (non-hydrogen) atoms. The van der Waals surface area contributed by atoms with E-state index in [9.17, 15) is 0 Å². The van der Waals surface area contributed by atoms with Crippen LogP contribution in [0.5, 0.6) is 0 Å². The highest BCUT2D eigenvalue weighted by Crippen LogP contribution is 2.37. The van der Waals surface area contributed by atoms with Crippen molar-refractivity contribution in [2.45, 2.75) is 32.2 Å². The number of rotatable bonds is 3. The molecular formula is C11H22N2. The van der Waals surface area contributed by atoms with Gasteiger partial charge in [-0.05, 0) is 38.6 Å². The van der Waals surface area contributed by atoms with Crippen molar-refractivity contribution in [3.63, 3.8) is 0 Å². The smallest absolute Gasteiger partial charge is 0.0163 e. The molecule has 0 bridgehead atoms. The van der Waals surface area contributed by atoms with Crippen LogP contribution in [0, 0.1) is 11.8 Å². The van der Waals surface area contributed by atoms with Crippen LogP contribution in [-0.4, -0.2) is 37.6 Å². The van der Waals surface area contributed by atoms with E-state index in [0.29, 0.717) is 6.04 Å². The molecule has 1 heterocycles. The zero-order chi connectivity index (χ0) is 9.26. The van der Waals surface area contributed by atoms with Crippen LogP contribution < -0.4 is 5.32 Å². The largest absolute Gasteiger partial charge is 0.316 e. The van der Waals surface area contributed by atoms with Gasteiger partial charge in [-0.15, -0.1) is 0 Å². The van der Waals surface area contributed by atoms with E-state index >= 15 is 0 Å². The maximum Gasteiger partial charge on any atom is 0.0163 e. The molecular weight excluding hydrogens is 160 g/mol. The predicted octanol–water partition coefficient (Wildman–Crippen LogP) is 1.33. The first-order valence-electron chi connectivity index (χ1n) is 5.69. The third-order valence-corrected chi connectivity index (χ3v) is 3.83. The fourth-order valence-electron chi connectivity index (χ4n) is 2.96. The second-order valence-corrected chi connectivity index (χ2v) is 4.86. The molecule has 1 N–H and O–H groups in total. The van der Waals surface area contributed by atoms with E-state index < -0.39 is 0 Å². The molecule has 2 nitrogen and oxygen atoms in total. The Balaban J connectivity index is 1.78. The second kappa shape index (κ2) is 3.97. The van der Waals surface area contributed by atoms with Crippen LogP contribution in [0.1, 0.15) is 26.2 Å². The molecule has 0 amide bonds. The number of hydrogen-bond acceptors (Lipinski definition) is 2. The quantitative estimate of drug-likeness (QED) is 0.708. The van der Waals surface area contributed by atoms with E-state index in [1.54, 1.807) is 0 Å². The third kappa shape index (κ3) is 2.05. The molecule has 1 saturated heterocycles. The van der Waals surface area contributed by atoms with E-state index in [1.807, 2.05) is 0 Å². The Hall–Kier alpha value is -0.0800. The first kappa shape index (κ1) is 9.47. The topological polar surface area (TPSA) is 15.3 Å². The Morgan fingerprint density at radius 1 is 1.31 bits per heavy atom. The second-order valence-electron chi connectivity index (χ2n) is 4.86. The Labute approximate surface area is 81.7 Å².